The number of halogens is 1. The summed E-state index contributed by atoms with van der Waals surface area (Å²) in [6, 6.07) is 7.31. The van der Waals surface area contributed by atoms with Gasteiger partial charge >= 0.3 is 0 Å². The second kappa shape index (κ2) is 7.72. The lowest BCUT2D eigenvalue weighted by atomic mass is 9.70. The molecule has 0 aliphatic carbocycles. The van der Waals surface area contributed by atoms with Crippen LogP contribution in [0.1, 0.15) is 48.8 Å². The van der Waals surface area contributed by atoms with Crippen LogP contribution in [0.15, 0.2) is 36.5 Å². The summed E-state index contributed by atoms with van der Waals surface area (Å²) in [5, 5.41) is 12.9. The maximum atomic E-state index is 14.1. The molecule has 3 heterocycles. The van der Waals surface area contributed by atoms with Gasteiger partial charge in [-0.25, -0.2) is 9.37 Å². The molecule has 0 radical (unpaired) electrons. The second-order valence-electron chi connectivity index (χ2n) is 7.95. The highest BCUT2D eigenvalue weighted by Crippen LogP contribution is 2.50. The van der Waals surface area contributed by atoms with Gasteiger partial charge in [0.15, 0.2) is 5.78 Å². The SMILES string of the molecule is CC(C)O[C@H]1c2cc(F)ccc2OC2(CCNCC2)C1C(=O)c1ccc(O)cn1. The number of piperidine rings is 1. The van der Waals surface area contributed by atoms with Gasteiger partial charge in [-0.3, -0.25) is 4.79 Å². The van der Waals surface area contributed by atoms with Crippen LogP contribution in [-0.2, 0) is 4.74 Å². The highest BCUT2D eigenvalue weighted by Gasteiger charge is 2.55. The Morgan fingerprint density at radius 3 is 2.72 bits per heavy atom. The fourth-order valence-corrected chi connectivity index (χ4v) is 4.35. The minimum absolute atomic E-state index is 0.0135. The number of rotatable bonds is 4. The quantitative estimate of drug-likeness (QED) is 0.766. The molecule has 1 unspecified atom stereocenters. The molecule has 1 saturated heterocycles. The summed E-state index contributed by atoms with van der Waals surface area (Å²) in [6.07, 6.45) is 1.66. The van der Waals surface area contributed by atoms with Crippen LogP contribution in [0.5, 0.6) is 11.5 Å². The largest absolute Gasteiger partial charge is 0.506 e. The van der Waals surface area contributed by atoms with E-state index in [0.29, 0.717) is 37.2 Å². The number of carbonyl (C=O) groups excluding carboxylic acids is 1. The summed E-state index contributed by atoms with van der Waals surface area (Å²) in [6.45, 7) is 5.20. The first-order chi connectivity index (χ1) is 13.9. The standard InChI is InChI=1S/C22H25FN2O4/c1-13(2)28-21-16-11-14(23)3-6-18(16)29-22(7-9-24-10-8-22)19(21)20(27)17-5-4-15(26)12-25-17/h3-6,11-13,19,21,24,26H,7-10H2,1-2H3/t19?,21-/m0/s1. The van der Waals surface area contributed by atoms with Crippen molar-refractivity contribution in [3.05, 3.63) is 53.6 Å². The van der Waals surface area contributed by atoms with E-state index in [1.54, 1.807) is 6.07 Å². The third kappa shape index (κ3) is 3.72. The number of Topliss-reactive ketones (excluding diaryl/α,β-unsaturated/α-hetero) is 1. The smallest absolute Gasteiger partial charge is 0.191 e. The number of ketones is 1. The van der Waals surface area contributed by atoms with E-state index in [-0.39, 0.29) is 23.3 Å². The van der Waals surface area contributed by atoms with Gasteiger partial charge in [-0.1, -0.05) is 0 Å². The molecule has 6 nitrogen and oxygen atoms in total. The van der Waals surface area contributed by atoms with E-state index < -0.39 is 23.4 Å². The van der Waals surface area contributed by atoms with Crippen molar-refractivity contribution in [2.75, 3.05) is 13.1 Å². The Labute approximate surface area is 169 Å². The first-order valence-electron chi connectivity index (χ1n) is 9.93. The van der Waals surface area contributed by atoms with Crippen molar-refractivity contribution in [3.8, 4) is 11.5 Å². The highest BCUT2D eigenvalue weighted by atomic mass is 19.1. The average Bonchev–Trinajstić information content (AvgIpc) is 2.69. The molecule has 0 bridgehead atoms. The van der Waals surface area contributed by atoms with Crippen molar-refractivity contribution >= 4 is 5.78 Å². The zero-order valence-electron chi connectivity index (χ0n) is 16.5. The van der Waals surface area contributed by atoms with E-state index >= 15 is 0 Å². The van der Waals surface area contributed by atoms with E-state index in [4.69, 9.17) is 9.47 Å². The zero-order valence-corrected chi connectivity index (χ0v) is 16.5. The summed E-state index contributed by atoms with van der Waals surface area (Å²) in [5.74, 6) is -0.771. The Hall–Kier alpha value is -2.51. The van der Waals surface area contributed by atoms with Crippen molar-refractivity contribution in [3.63, 3.8) is 0 Å². The fraction of sp³-hybridized carbons (Fsp3) is 0.455. The Bertz CT molecular complexity index is 894. The molecule has 29 heavy (non-hydrogen) atoms. The maximum Gasteiger partial charge on any atom is 0.191 e. The van der Waals surface area contributed by atoms with Gasteiger partial charge in [0.1, 0.15) is 34.7 Å². The number of benzene rings is 1. The minimum Gasteiger partial charge on any atom is -0.506 e. The highest BCUT2D eigenvalue weighted by molar-refractivity contribution is 5.97. The lowest BCUT2D eigenvalue weighted by Crippen LogP contribution is -2.58. The molecular weight excluding hydrogens is 375 g/mol. The summed E-state index contributed by atoms with van der Waals surface area (Å²) in [4.78, 5) is 17.8. The molecule has 2 aromatic rings. The second-order valence-corrected chi connectivity index (χ2v) is 7.95. The molecule has 2 N–H and O–H groups in total. The Morgan fingerprint density at radius 2 is 2.07 bits per heavy atom. The van der Waals surface area contributed by atoms with Crippen LogP contribution in [0.25, 0.3) is 0 Å². The number of ether oxygens (including phenoxy) is 2. The lowest BCUT2D eigenvalue weighted by molar-refractivity contribution is -0.114. The number of pyridine rings is 1. The minimum atomic E-state index is -0.772. The summed E-state index contributed by atoms with van der Waals surface area (Å²) in [5.41, 5.74) is -0.00163. The van der Waals surface area contributed by atoms with Gasteiger partial charge in [0.2, 0.25) is 0 Å². The van der Waals surface area contributed by atoms with Crippen LogP contribution in [0.4, 0.5) is 4.39 Å². The molecule has 0 saturated carbocycles. The van der Waals surface area contributed by atoms with Gasteiger partial charge in [-0.05, 0) is 57.3 Å². The number of hydrogen-bond donors (Lipinski definition) is 2. The third-order valence-electron chi connectivity index (χ3n) is 5.61. The van der Waals surface area contributed by atoms with Crippen LogP contribution < -0.4 is 10.1 Å². The number of carbonyl (C=O) groups is 1. The first-order valence-corrected chi connectivity index (χ1v) is 9.93. The van der Waals surface area contributed by atoms with Crippen molar-refractivity contribution < 1.29 is 23.8 Å². The first kappa shape index (κ1) is 19.8. The fourth-order valence-electron chi connectivity index (χ4n) is 4.35. The van der Waals surface area contributed by atoms with Gasteiger partial charge < -0.3 is 19.9 Å². The molecule has 2 aliphatic rings. The van der Waals surface area contributed by atoms with Gasteiger partial charge in [0, 0.05) is 18.4 Å². The van der Waals surface area contributed by atoms with E-state index in [1.807, 2.05) is 13.8 Å². The number of fused-ring (bicyclic) bond motifs is 1. The number of aromatic nitrogens is 1. The van der Waals surface area contributed by atoms with Crippen molar-refractivity contribution in [1.29, 1.82) is 0 Å². The summed E-state index contributed by atoms with van der Waals surface area (Å²) >= 11 is 0. The van der Waals surface area contributed by atoms with Crippen molar-refractivity contribution in [2.45, 2.75) is 44.5 Å². The molecule has 0 amide bonds. The predicted molar refractivity (Wildman–Crippen MR) is 105 cm³/mol. The van der Waals surface area contributed by atoms with E-state index in [9.17, 15) is 14.3 Å². The average molecular weight is 400 g/mol. The maximum absolute atomic E-state index is 14.1. The molecule has 7 heteroatoms. The Balaban J connectivity index is 1.85. The topological polar surface area (TPSA) is 80.7 Å². The molecule has 1 fully saturated rings. The number of nitrogens with one attached hydrogen (secondary N) is 1. The monoisotopic (exact) mass is 400 g/mol. The molecule has 1 aromatic carbocycles. The molecule has 2 aliphatic heterocycles. The molecule has 1 aromatic heterocycles. The van der Waals surface area contributed by atoms with Gasteiger partial charge in [-0.2, -0.15) is 0 Å². The van der Waals surface area contributed by atoms with Gasteiger partial charge in [0.25, 0.3) is 0 Å². The Kier molecular flexibility index (Phi) is 5.27. The molecule has 4 rings (SSSR count). The summed E-state index contributed by atoms with van der Waals surface area (Å²) in [7, 11) is 0. The van der Waals surface area contributed by atoms with Crippen LogP contribution in [0.3, 0.4) is 0 Å². The molecule has 2 atom stereocenters. The zero-order chi connectivity index (χ0) is 20.6. The molecular formula is C22H25FN2O4. The van der Waals surface area contributed by atoms with E-state index in [1.165, 1.54) is 30.5 Å². The molecule has 154 valence electrons. The number of nitrogens with zero attached hydrogens (tertiary/aromatic N) is 1. The Morgan fingerprint density at radius 1 is 1.31 bits per heavy atom. The van der Waals surface area contributed by atoms with E-state index in [0.717, 1.165) is 0 Å². The van der Waals surface area contributed by atoms with Crippen LogP contribution in [-0.4, -0.2) is 40.7 Å². The van der Waals surface area contributed by atoms with E-state index in [2.05, 4.69) is 10.3 Å². The third-order valence-corrected chi connectivity index (χ3v) is 5.61. The lowest BCUT2D eigenvalue weighted by Gasteiger charge is -2.49. The summed E-state index contributed by atoms with van der Waals surface area (Å²) < 4.78 is 26.7. The number of aromatic hydroxyl groups is 1. The van der Waals surface area contributed by atoms with Gasteiger partial charge in [0.05, 0.1) is 18.2 Å². The normalized spacial score (nSPS) is 22.9. The number of hydrogen-bond acceptors (Lipinski definition) is 6. The predicted octanol–water partition coefficient (Wildman–Crippen LogP) is 3.41. The van der Waals surface area contributed by atoms with Crippen LogP contribution >= 0.6 is 0 Å². The molecule has 1 spiro atoms. The van der Waals surface area contributed by atoms with Crippen LogP contribution in [0.2, 0.25) is 0 Å². The van der Waals surface area contributed by atoms with Gasteiger partial charge in [-0.15, -0.1) is 0 Å². The van der Waals surface area contributed by atoms with Crippen molar-refractivity contribution in [2.24, 2.45) is 5.92 Å². The van der Waals surface area contributed by atoms with Crippen LogP contribution in [0, 0.1) is 11.7 Å². The van der Waals surface area contributed by atoms with Crippen molar-refractivity contribution in [1.82, 2.24) is 10.3 Å².